The Morgan fingerprint density at radius 3 is 2.61 bits per heavy atom. The number of aromatic nitrogens is 2. The summed E-state index contributed by atoms with van der Waals surface area (Å²) in [7, 11) is 1.90. The number of hydrogen-bond acceptors (Lipinski definition) is 3. The van der Waals surface area contributed by atoms with Crippen LogP contribution in [0.5, 0.6) is 0 Å². The summed E-state index contributed by atoms with van der Waals surface area (Å²) in [5, 5.41) is 4.28. The second kappa shape index (κ2) is 5.65. The van der Waals surface area contributed by atoms with Crippen LogP contribution in [0.2, 0.25) is 0 Å². The number of nitrogens with zero attached hydrogens (tertiary/aromatic N) is 2. The highest BCUT2D eigenvalue weighted by molar-refractivity contribution is 5.83. The van der Waals surface area contributed by atoms with Gasteiger partial charge in [-0.2, -0.15) is 5.10 Å². The van der Waals surface area contributed by atoms with Gasteiger partial charge in [0.1, 0.15) is 5.78 Å². The van der Waals surface area contributed by atoms with Crippen LogP contribution in [-0.4, -0.2) is 22.1 Å². The van der Waals surface area contributed by atoms with E-state index in [9.17, 15) is 4.79 Å². The predicted octanol–water partition coefficient (Wildman–Crippen LogP) is 1.61. The molecule has 1 fully saturated rings. The molecule has 1 heterocycles. The summed E-state index contributed by atoms with van der Waals surface area (Å²) >= 11 is 0. The number of Topliss-reactive ketones (excluding diaryl/α,β-unsaturated/α-hetero) is 1. The minimum absolute atomic E-state index is 0.239. The van der Waals surface area contributed by atoms with Gasteiger partial charge in [-0.25, -0.2) is 0 Å². The molecule has 0 aliphatic heterocycles. The van der Waals surface area contributed by atoms with Crippen molar-refractivity contribution >= 4 is 5.78 Å². The number of rotatable bonds is 4. The Labute approximate surface area is 109 Å². The first-order chi connectivity index (χ1) is 8.60. The summed E-state index contributed by atoms with van der Waals surface area (Å²) in [4.78, 5) is 12.3. The van der Waals surface area contributed by atoms with Gasteiger partial charge in [-0.15, -0.1) is 0 Å². The standard InChI is InChI=1S/C14H23N3O/c1-10-7-13(17(2)16-10)8-14(18)12-5-3-11(9-15)4-6-12/h7,11-12H,3-6,8-9,15H2,1-2H3. The molecule has 1 aromatic heterocycles. The van der Waals surface area contributed by atoms with Gasteiger partial charge >= 0.3 is 0 Å². The second-order valence-corrected chi connectivity index (χ2v) is 5.50. The highest BCUT2D eigenvalue weighted by Crippen LogP contribution is 2.29. The molecule has 0 saturated heterocycles. The quantitative estimate of drug-likeness (QED) is 0.881. The number of ketones is 1. The minimum atomic E-state index is 0.239. The van der Waals surface area contributed by atoms with Gasteiger partial charge in [0.05, 0.1) is 5.69 Å². The molecule has 4 heteroatoms. The molecule has 1 saturated carbocycles. The maximum absolute atomic E-state index is 12.3. The number of hydrogen-bond donors (Lipinski definition) is 1. The van der Waals surface area contributed by atoms with E-state index in [2.05, 4.69) is 5.10 Å². The molecule has 1 aliphatic rings. The zero-order chi connectivity index (χ0) is 13.1. The van der Waals surface area contributed by atoms with E-state index in [1.807, 2.05) is 24.7 Å². The fourth-order valence-electron chi connectivity index (χ4n) is 2.87. The number of carbonyl (C=O) groups is 1. The number of carbonyl (C=O) groups excluding carboxylic acids is 1. The first-order valence-electron chi connectivity index (χ1n) is 6.82. The van der Waals surface area contributed by atoms with E-state index < -0.39 is 0 Å². The van der Waals surface area contributed by atoms with Crippen LogP contribution in [0.3, 0.4) is 0 Å². The molecule has 0 unspecified atom stereocenters. The second-order valence-electron chi connectivity index (χ2n) is 5.50. The van der Waals surface area contributed by atoms with Crippen molar-refractivity contribution in [3.8, 4) is 0 Å². The molecule has 2 rings (SSSR count). The molecule has 1 aliphatic carbocycles. The summed E-state index contributed by atoms with van der Waals surface area (Å²) < 4.78 is 1.82. The van der Waals surface area contributed by atoms with Crippen LogP contribution in [0.15, 0.2) is 6.07 Å². The first-order valence-corrected chi connectivity index (χ1v) is 6.82. The molecule has 0 atom stereocenters. The molecule has 18 heavy (non-hydrogen) atoms. The minimum Gasteiger partial charge on any atom is -0.330 e. The fraction of sp³-hybridized carbons (Fsp3) is 0.714. The normalized spacial score (nSPS) is 24.2. The van der Waals surface area contributed by atoms with Crippen molar-refractivity contribution in [1.82, 2.24) is 9.78 Å². The van der Waals surface area contributed by atoms with E-state index in [-0.39, 0.29) is 5.92 Å². The highest BCUT2D eigenvalue weighted by Gasteiger charge is 2.26. The van der Waals surface area contributed by atoms with Crippen LogP contribution in [0.25, 0.3) is 0 Å². The van der Waals surface area contributed by atoms with Crippen LogP contribution in [0, 0.1) is 18.8 Å². The Hall–Kier alpha value is -1.16. The summed E-state index contributed by atoms with van der Waals surface area (Å²) in [5.74, 6) is 1.24. The van der Waals surface area contributed by atoms with E-state index in [0.29, 0.717) is 18.1 Å². The van der Waals surface area contributed by atoms with Gasteiger partial charge in [-0.1, -0.05) is 0 Å². The Kier molecular flexibility index (Phi) is 4.17. The molecule has 0 radical (unpaired) electrons. The molecule has 0 bridgehead atoms. The highest BCUT2D eigenvalue weighted by atomic mass is 16.1. The van der Waals surface area contributed by atoms with Crippen molar-refractivity contribution in [3.05, 3.63) is 17.5 Å². The predicted molar refractivity (Wildman–Crippen MR) is 71.2 cm³/mol. The van der Waals surface area contributed by atoms with E-state index >= 15 is 0 Å². The Morgan fingerprint density at radius 2 is 2.11 bits per heavy atom. The van der Waals surface area contributed by atoms with Gasteiger partial charge in [-0.3, -0.25) is 9.48 Å². The third-order valence-electron chi connectivity index (χ3n) is 4.09. The summed E-state index contributed by atoms with van der Waals surface area (Å²) in [5.41, 5.74) is 7.68. The molecule has 100 valence electrons. The molecule has 0 amide bonds. The zero-order valence-corrected chi connectivity index (χ0v) is 11.4. The Balaban J connectivity index is 1.91. The molecular weight excluding hydrogens is 226 g/mol. The maximum atomic E-state index is 12.3. The van der Waals surface area contributed by atoms with Gasteiger partial charge in [0.25, 0.3) is 0 Å². The van der Waals surface area contributed by atoms with Gasteiger partial charge in [0.15, 0.2) is 0 Å². The third-order valence-corrected chi connectivity index (χ3v) is 4.09. The fourth-order valence-corrected chi connectivity index (χ4v) is 2.87. The van der Waals surface area contributed by atoms with Crippen LogP contribution in [0.1, 0.15) is 37.1 Å². The third kappa shape index (κ3) is 2.99. The summed E-state index contributed by atoms with van der Waals surface area (Å²) in [6.45, 7) is 2.72. The van der Waals surface area contributed by atoms with Crippen molar-refractivity contribution < 1.29 is 4.79 Å². The van der Waals surface area contributed by atoms with E-state index in [1.165, 1.54) is 0 Å². The van der Waals surface area contributed by atoms with Crippen molar-refractivity contribution in [2.24, 2.45) is 24.6 Å². The Bertz CT molecular complexity index is 417. The first kappa shape index (κ1) is 13.3. The lowest BCUT2D eigenvalue weighted by Gasteiger charge is -2.26. The topological polar surface area (TPSA) is 60.9 Å². The number of nitrogens with two attached hydrogens (primary N) is 1. The maximum Gasteiger partial charge on any atom is 0.141 e. The SMILES string of the molecule is Cc1cc(CC(=O)C2CCC(CN)CC2)n(C)n1. The van der Waals surface area contributed by atoms with E-state index in [0.717, 1.165) is 43.6 Å². The lowest BCUT2D eigenvalue weighted by Crippen LogP contribution is -2.27. The van der Waals surface area contributed by atoms with Gasteiger partial charge in [0.2, 0.25) is 0 Å². The van der Waals surface area contributed by atoms with Crippen LogP contribution >= 0.6 is 0 Å². The largest absolute Gasteiger partial charge is 0.330 e. The van der Waals surface area contributed by atoms with Crippen LogP contribution in [-0.2, 0) is 18.3 Å². The molecular formula is C14H23N3O. The van der Waals surface area contributed by atoms with Crippen LogP contribution < -0.4 is 5.73 Å². The van der Waals surface area contributed by atoms with Gasteiger partial charge in [-0.05, 0) is 51.1 Å². The summed E-state index contributed by atoms with van der Waals surface area (Å²) in [6, 6.07) is 2.00. The smallest absolute Gasteiger partial charge is 0.141 e. The Morgan fingerprint density at radius 1 is 1.44 bits per heavy atom. The van der Waals surface area contributed by atoms with Crippen LogP contribution in [0.4, 0.5) is 0 Å². The summed E-state index contributed by atoms with van der Waals surface area (Å²) in [6.07, 6.45) is 4.76. The van der Waals surface area contributed by atoms with Gasteiger partial charge in [0, 0.05) is 25.1 Å². The lowest BCUT2D eigenvalue weighted by molar-refractivity contribution is -0.123. The molecule has 1 aromatic rings. The average molecular weight is 249 g/mol. The molecule has 0 spiro atoms. The van der Waals surface area contributed by atoms with Crippen molar-refractivity contribution in [2.45, 2.75) is 39.0 Å². The van der Waals surface area contributed by atoms with Gasteiger partial charge < -0.3 is 5.73 Å². The van der Waals surface area contributed by atoms with Crippen molar-refractivity contribution in [3.63, 3.8) is 0 Å². The lowest BCUT2D eigenvalue weighted by atomic mass is 9.79. The molecule has 0 aromatic carbocycles. The average Bonchev–Trinajstić information content (AvgIpc) is 2.68. The zero-order valence-electron chi connectivity index (χ0n) is 11.4. The molecule has 2 N–H and O–H groups in total. The monoisotopic (exact) mass is 249 g/mol. The number of aryl methyl sites for hydroxylation is 2. The van der Waals surface area contributed by atoms with E-state index in [1.54, 1.807) is 0 Å². The molecule has 4 nitrogen and oxygen atoms in total. The van der Waals surface area contributed by atoms with Crippen molar-refractivity contribution in [2.75, 3.05) is 6.54 Å². The van der Waals surface area contributed by atoms with E-state index in [4.69, 9.17) is 5.73 Å². The van der Waals surface area contributed by atoms with Crippen molar-refractivity contribution in [1.29, 1.82) is 0 Å².